The highest BCUT2D eigenvalue weighted by molar-refractivity contribution is 6.32. The minimum Gasteiger partial charge on any atom is -0.456 e. The van der Waals surface area contributed by atoms with Crippen molar-refractivity contribution in [3.05, 3.63) is 164 Å². The van der Waals surface area contributed by atoms with Crippen molar-refractivity contribution in [2.24, 2.45) is 0 Å². The molecule has 7 aromatic carbocycles. The van der Waals surface area contributed by atoms with Gasteiger partial charge < -0.3 is 8.82 Å². The first kappa shape index (κ1) is 31.0. The minimum atomic E-state index is 0.556. The summed E-state index contributed by atoms with van der Waals surface area (Å²) in [5.41, 5.74) is 10.0. The largest absolute Gasteiger partial charge is 0.456 e. The van der Waals surface area contributed by atoms with Gasteiger partial charge in [0.15, 0.2) is 17.5 Å². The molecule has 0 saturated heterocycles. The summed E-state index contributed by atoms with van der Waals surface area (Å²) in [6.07, 6.45) is 11.0. The smallest absolute Gasteiger partial charge is 0.164 e. The van der Waals surface area contributed by atoms with Crippen molar-refractivity contribution >= 4 is 76.4 Å². The van der Waals surface area contributed by atoms with Crippen LogP contribution in [0, 0.1) is 12.3 Å². The summed E-state index contributed by atoms with van der Waals surface area (Å²) in [4.78, 5) is 14.8. The molecular formula is C50H30N4O. The van der Waals surface area contributed by atoms with Gasteiger partial charge in [0, 0.05) is 49.0 Å². The van der Waals surface area contributed by atoms with E-state index < -0.39 is 0 Å². The van der Waals surface area contributed by atoms with E-state index in [1.807, 2.05) is 55.5 Å². The molecule has 0 N–H and O–H groups in total. The Balaban J connectivity index is 1.14. The monoisotopic (exact) mass is 702 g/mol. The van der Waals surface area contributed by atoms with Crippen molar-refractivity contribution in [1.29, 1.82) is 0 Å². The van der Waals surface area contributed by atoms with Gasteiger partial charge in [0.1, 0.15) is 11.2 Å². The first-order chi connectivity index (χ1) is 27.2. The Kier molecular flexibility index (Phi) is 6.76. The van der Waals surface area contributed by atoms with Crippen molar-refractivity contribution in [3.8, 4) is 46.2 Å². The second-order valence-electron chi connectivity index (χ2n) is 13.9. The molecule has 0 radical (unpaired) electrons. The van der Waals surface area contributed by atoms with E-state index in [4.69, 9.17) is 25.8 Å². The van der Waals surface area contributed by atoms with E-state index >= 15 is 0 Å². The molecule has 0 aliphatic carbocycles. The zero-order valence-electron chi connectivity index (χ0n) is 29.8. The summed E-state index contributed by atoms with van der Waals surface area (Å²) in [5.74, 6) is 4.31. The van der Waals surface area contributed by atoms with Crippen LogP contribution in [0.25, 0.3) is 110 Å². The van der Waals surface area contributed by atoms with E-state index in [1.165, 1.54) is 48.9 Å². The predicted molar refractivity (Wildman–Crippen MR) is 227 cm³/mol. The maximum atomic E-state index is 6.68. The zero-order chi connectivity index (χ0) is 36.6. The van der Waals surface area contributed by atoms with Crippen LogP contribution in [0.1, 0.15) is 12.7 Å². The minimum absolute atomic E-state index is 0.556. The van der Waals surface area contributed by atoms with Crippen molar-refractivity contribution < 1.29 is 4.42 Å². The van der Waals surface area contributed by atoms with Gasteiger partial charge >= 0.3 is 0 Å². The highest BCUT2D eigenvalue weighted by Gasteiger charge is 2.22. The van der Waals surface area contributed by atoms with E-state index in [-0.39, 0.29) is 0 Å². The van der Waals surface area contributed by atoms with Gasteiger partial charge in [-0.2, -0.15) is 0 Å². The molecular weight excluding hydrogens is 673 g/mol. The average Bonchev–Trinajstić information content (AvgIpc) is 3.89. The quantitative estimate of drug-likeness (QED) is 0.132. The zero-order valence-corrected chi connectivity index (χ0v) is 29.8. The highest BCUT2D eigenvalue weighted by Crippen LogP contribution is 2.46. The fraction of sp³-hybridized carbons (Fsp3) is 0.0200. The Labute approximate surface area is 315 Å². The maximum absolute atomic E-state index is 6.68. The van der Waals surface area contributed by atoms with Crippen LogP contribution in [-0.2, 0) is 0 Å². The number of fused-ring (bicyclic) bond motifs is 11. The van der Waals surface area contributed by atoms with Crippen molar-refractivity contribution in [1.82, 2.24) is 19.4 Å². The lowest BCUT2D eigenvalue weighted by atomic mass is 9.97. The third-order valence-corrected chi connectivity index (χ3v) is 10.8. The Morgan fingerprint density at radius 2 is 1.35 bits per heavy atom. The molecule has 0 aliphatic rings. The number of terminal acetylenes is 1. The lowest BCUT2D eigenvalue weighted by Gasteiger charge is -2.10. The maximum Gasteiger partial charge on any atom is 0.164 e. The number of hydrogen-bond acceptors (Lipinski definition) is 4. The third-order valence-electron chi connectivity index (χ3n) is 10.8. The van der Waals surface area contributed by atoms with Crippen LogP contribution in [0.3, 0.4) is 0 Å². The van der Waals surface area contributed by atoms with Gasteiger partial charge in [-0.15, -0.1) is 6.42 Å². The van der Waals surface area contributed by atoms with E-state index in [2.05, 4.69) is 113 Å². The number of aromatic nitrogens is 4. The van der Waals surface area contributed by atoms with Crippen molar-refractivity contribution in [2.75, 3.05) is 0 Å². The number of nitrogens with zero attached hydrogens (tertiary/aromatic N) is 4. The van der Waals surface area contributed by atoms with Crippen LogP contribution in [0.2, 0.25) is 0 Å². The van der Waals surface area contributed by atoms with Crippen LogP contribution < -0.4 is 0 Å². The van der Waals surface area contributed by atoms with E-state index in [1.54, 1.807) is 6.08 Å². The van der Waals surface area contributed by atoms with Gasteiger partial charge in [0.2, 0.25) is 0 Å². The number of furan rings is 1. The fourth-order valence-electron chi connectivity index (χ4n) is 8.41. The van der Waals surface area contributed by atoms with Gasteiger partial charge in [-0.3, -0.25) is 0 Å². The first-order valence-electron chi connectivity index (χ1n) is 18.3. The molecule has 0 bridgehead atoms. The van der Waals surface area contributed by atoms with Crippen molar-refractivity contribution in [2.45, 2.75) is 6.92 Å². The molecule has 0 unspecified atom stereocenters. The number of allylic oxidation sites excluding steroid dienone is 4. The topological polar surface area (TPSA) is 56.2 Å². The van der Waals surface area contributed by atoms with Crippen LogP contribution in [0.5, 0.6) is 0 Å². The Morgan fingerprint density at radius 3 is 2.20 bits per heavy atom. The summed E-state index contributed by atoms with van der Waals surface area (Å²) >= 11 is 0. The molecule has 0 atom stereocenters. The number of para-hydroxylation sites is 1. The van der Waals surface area contributed by atoms with E-state index in [9.17, 15) is 0 Å². The van der Waals surface area contributed by atoms with E-state index in [0.29, 0.717) is 17.5 Å². The summed E-state index contributed by atoms with van der Waals surface area (Å²) < 4.78 is 9.13. The van der Waals surface area contributed by atoms with E-state index in [0.717, 1.165) is 49.8 Å². The molecule has 4 heterocycles. The van der Waals surface area contributed by atoms with Gasteiger partial charge in [-0.1, -0.05) is 115 Å². The molecule has 5 nitrogen and oxygen atoms in total. The molecule has 4 aromatic heterocycles. The van der Waals surface area contributed by atoms with Gasteiger partial charge in [0.05, 0.1) is 16.6 Å². The molecule has 0 saturated carbocycles. The predicted octanol–water partition coefficient (Wildman–Crippen LogP) is 12.7. The molecule has 0 aliphatic heterocycles. The molecule has 0 amide bonds. The van der Waals surface area contributed by atoms with Crippen LogP contribution in [-0.4, -0.2) is 19.4 Å². The molecule has 55 heavy (non-hydrogen) atoms. The summed E-state index contributed by atoms with van der Waals surface area (Å²) in [7, 11) is 0. The molecule has 256 valence electrons. The Bertz CT molecular complexity index is 3450. The molecule has 0 spiro atoms. The van der Waals surface area contributed by atoms with Gasteiger partial charge in [-0.25, -0.2) is 15.0 Å². The number of rotatable bonds is 5. The van der Waals surface area contributed by atoms with Crippen LogP contribution >= 0.6 is 0 Å². The summed E-state index contributed by atoms with van der Waals surface area (Å²) in [6, 6.07) is 49.1. The molecule has 0 fully saturated rings. The second-order valence-corrected chi connectivity index (χ2v) is 13.9. The third kappa shape index (κ3) is 4.65. The molecule has 11 aromatic rings. The first-order valence-corrected chi connectivity index (χ1v) is 18.3. The van der Waals surface area contributed by atoms with Gasteiger partial charge in [-0.05, 0) is 77.4 Å². The van der Waals surface area contributed by atoms with Crippen molar-refractivity contribution in [3.63, 3.8) is 0 Å². The fourth-order valence-corrected chi connectivity index (χ4v) is 8.41. The molecule has 11 rings (SSSR count). The normalized spacial score (nSPS) is 12.5. The van der Waals surface area contributed by atoms with Crippen LogP contribution in [0.15, 0.2) is 162 Å². The second kappa shape index (κ2) is 12.0. The number of benzene rings is 7. The van der Waals surface area contributed by atoms with Crippen LogP contribution in [0.4, 0.5) is 0 Å². The molecule has 5 heteroatoms. The Morgan fingerprint density at radius 1 is 0.600 bits per heavy atom. The lowest BCUT2D eigenvalue weighted by Crippen LogP contribution is -2.02. The highest BCUT2D eigenvalue weighted by atomic mass is 16.3. The average molecular weight is 703 g/mol. The Hall–Kier alpha value is -7.55. The summed E-state index contributed by atoms with van der Waals surface area (Å²) in [5, 5.41) is 9.63. The SMILES string of the molecule is C#C/C=C\C(=C/C)c1nc(-c2ccccc2)nc(-c2cccc(-c3cccc4oc5cc6c7cc8ccccc8c8c9ccccc9n(c6cc5c34)c78)c2)n1. The standard InChI is InChI=1S/C50H30N4O/c1-3-5-15-30(4-2)48-51-49(31-16-7-6-8-17-31)53-50(52-48)34-20-13-19-32(26-34)35-23-14-25-43-45(35)40-28-42-38(29-44(40)55-43)39-27-33-18-9-10-21-36(33)46-37-22-11-12-24-41(37)54(42)47(39)46/h1,4-29H,2H3/b15-5-,30-4+. The number of hydrogen-bond donors (Lipinski definition) is 0. The lowest BCUT2D eigenvalue weighted by molar-refractivity contribution is 0.669. The van der Waals surface area contributed by atoms with Gasteiger partial charge in [0.25, 0.3) is 0 Å². The summed E-state index contributed by atoms with van der Waals surface area (Å²) in [6.45, 7) is 1.95.